The van der Waals surface area contributed by atoms with Gasteiger partial charge in [-0.25, -0.2) is 19.9 Å². The lowest BCUT2D eigenvalue weighted by Crippen LogP contribution is -2.41. The van der Waals surface area contributed by atoms with Crippen LogP contribution in [0, 0.1) is 0 Å². The Morgan fingerprint density at radius 2 is 0.707 bits per heavy atom. The van der Waals surface area contributed by atoms with Gasteiger partial charge in [-0.2, -0.15) is 0 Å². The molecule has 438 valence electrons. The van der Waals surface area contributed by atoms with Crippen molar-refractivity contribution in [3.05, 3.63) is 284 Å². The zero-order valence-corrected chi connectivity index (χ0v) is 52.6. The van der Waals surface area contributed by atoms with Crippen LogP contribution in [-0.2, 0) is 9.31 Å². The molecule has 0 amide bonds. The topological polar surface area (TPSA) is 78.8 Å². The summed E-state index contributed by atoms with van der Waals surface area (Å²) in [6, 6.07) is 98.1. The molecule has 0 bridgehead atoms. The summed E-state index contributed by atoms with van der Waals surface area (Å²) in [5.74, 6) is 0. The van der Waals surface area contributed by atoms with Gasteiger partial charge in [-0.15, -0.1) is 0 Å². The zero-order chi connectivity index (χ0) is 61.8. The van der Waals surface area contributed by atoms with E-state index in [1.54, 1.807) is 0 Å². The number of imidazole rings is 2. The highest BCUT2D eigenvalue weighted by molar-refractivity contribution is 9.10. The first-order valence-corrected chi connectivity index (χ1v) is 32.0. The summed E-state index contributed by atoms with van der Waals surface area (Å²) in [5, 5.41) is 14.3. The molecule has 10 heteroatoms. The third-order valence-corrected chi connectivity index (χ3v) is 19.4. The molecule has 7 heterocycles. The summed E-state index contributed by atoms with van der Waals surface area (Å²) in [7, 11) is -0.381. The molecular weight excluding hydrogens is 1190 g/mol. The first-order chi connectivity index (χ1) is 45.0. The van der Waals surface area contributed by atoms with Crippen molar-refractivity contribution in [1.29, 1.82) is 0 Å². The van der Waals surface area contributed by atoms with Crippen LogP contribution in [0.5, 0.6) is 0 Å². The van der Waals surface area contributed by atoms with E-state index >= 15 is 0 Å². The number of halogens is 1. The summed E-state index contributed by atoms with van der Waals surface area (Å²) in [6.45, 7) is 8.35. The van der Waals surface area contributed by atoms with Gasteiger partial charge in [-0.3, -0.25) is 8.80 Å². The van der Waals surface area contributed by atoms with Gasteiger partial charge in [0, 0.05) is 58.7 Å². The molecule has 18 aromatic rings. The summed E-state index contributed by atoms with van der Waals surface area (Å²) in [5.41, 5.74) is 17.6. The average Bonchev–Trinajstić information content (AvgIpc) is 1.51. The van der Waals surface area contributed by atoms with Crippen molar-refractivity contribution in [1.82, 2.24) is 28.7 Å². The molecule has 6 aromatic heterocycles. The van der Waals surface area contributed by atoms with Gasteiger partial charge in [-0.05, 0) is 139 Å². The van der Waals surface area contributed by atoms with E-state index in [9.17, 15) is 0 Å². The molecule has 1 fully saturated rings. The predicted molar refractivity (Wildman–Crippen MR) is 387 cm³/mol. The Labute approximate surface area is 539 Å². The Bertz CT molecular complexity index is 5980. The van der Waals surface area contributed by atoms with Gasteiger partial charge < -0.3 is 9.31 Å². The van der Waals surface area contributed by atoms with Crippen molar-refractivity contribution in [3.8, 4) is 33.6 Å². The molecule has 0 unspecified atom stereocenters. The zero-order valence-electron chi connectivity index (χ0n) is 51.0. The van der Waals surface area contributed by atoms with E-state index in [1.165, 1.54) is 65.1 Å². The Morgan fingerprint density at radius 3 is 1.23 bits per heavy atom. The molecule has 1 aliphatic rings. The van der Waals surface area contributed by atoms with Gasteiger partial charge in [0.25, 0.3) is 0 Å². The highest BCUT2D eigenvalue weighted by Crippen LogP contribution is 2.40. The maximum atomic E-state index is 6.30. The van der Waals surface area contributed by atoms with Crippen LogP contribution in [0.1, 0.15) is 27.7 Å². The van der Waals surface area contributed by atoms with E-state index in [1.807, 2.05) is 18.2 Å². The number of hydrogen-bond donors (Lipinski definition) is 0. The number of pyridine rings is 4. The average molecular weight is 1250 g/mol. The van der Waals surface area contributed by atoms with Crippen molar-refractivity contribution in [3.63, 3.8) is 0 Å². The molecule has 1 saturated heterocycles. The first-order valence-electron chi connectivity index (χ1n) is 31.2. The summed E-state index contributed by atoms with van der Waals surface area (Å²) >= 11 is 3.47. The second-order valence-electron chi connectivity index (χ2n) is 24.9. The van der Waals surface area contributed by atoms with Crippen LogP contribution in [0.15, 0.2) is 284 Å². The summed E-state index contributed by atoms with van der Waals surface area (Å²) in [6.07, 6.45) is 0. The SMILES string of the molecule is Brc1ccc(-c2ccc3ccc4ccccc4c3n2)cc1.CC1(C)OB(c2ccc3c(c2)c2ccccc2n2c4ccccc4nc32)OC1(C)C.c1ccc2c(c1)ccc1ccc(-c3ccc(-c4ccc5c(c4)c4ccccc4n4c6ccccc6nc54)cc3)nc12. The lowest BCUT2D eigenvalue weighted by Gasteiger charge is -2.32. The van der Waals surface area contributed by atoms with E-state index in [-0.39, 0.29) is 18.3 Å². The van der Waals surface area contributed by atoms with E-state index < -0.39 is 0 Å². The summed E-state index contributed by atoms with van der Waals surface area (Å²) in [4.78, 5) is 20.0. The number of fused-ring (bicyclic) bond motifs is 22. The van der Waals surface area contributed by atoms with Crippen molar-refractivity contribution >= 4 is 149 Å². The molecule has 8 nitrogen and oxygen atoms in total. The lowest BCUT2D eigenvalue weighted by atomic mass is 9.78. The van der Waals surface area contributed by atoms with Gasteiger partial charge in [0.05, 0.1) is 66.7 Å². The normalized spacial score (nSPS) is 13.8. The largest absolute Gasteiger partial charge is 0.494 e. The molecule has 92 heavy (non-hydrogen) atoms. The maximum absolute atomic E-state index is 6.30. The number of nitrogens with zero attached hydrogens (tertiary/aromatic N) is 6. The van der Waals surface area contributed by atoms with Gasteiger partial charge >= 0.3 is 7.12 Å². The number of aromatic nitrogens is 6. The third-order valence-electron chi connectivity index (χ3n) is 18.9. The molecule has 0 saturated carbocycles. The summed E-state index contributed by atoms with van der Waals surface area (Å²) < 4.78 is 18.2. The predicted octanol–water partition coefficient (Wildman–Crippen LogP) is 20.7. The smallest absolute Gasteiger partial charge is 0.399 e. The van der Waals surface area contributed by atoms with Gasteiger partial charge in [0.15, 0.2) is 0 Å². The number of para-hydroxylation sites is 6. The lowest BCUT2D eigenvalue weighted by molar-refractivity contribution is 0.00578. The van der Waals surface area contributed by atoms with Gasteiger partial charge in [0.2, 0.25) is 0 Å². The molecule has 19 rings (SSSR count). The minimum absolute atomic E-state index is 0.362. The second kappa shape index (κ2) is 21.8. The van der Waals surface area contributed by atoms with Crippen LogP contribution >= 0.6 is 15.9 Å². The van der Waals surface area contributed by atoms with Crippen LogP contribution in [-0.4, -0.2) is 47.1 Å². The van der Waals surface area contributed by atoms with Crippen molar-refractivity contribution in [2.75, 3.05) is 0 Å². The van der Waals surface area contributed by atoms with Crippen LogP contribution in [0.3, 0.4) is 0 Å². The van der Waals surface area contributed by atoms with Crippen molar-refractivity contribution in [2.45, 2.75) is 38.9 Å². The van der Waals surface area contributed by atoms with Gasteiger partial charge in [0.1, 0.15) is 11.3 Å². The number of hydrogen-bond acceptors (Lipinski definition) is 6. The molecule has 0 atom stereocenters. The highest BCUT2D eigenvalue weighted by atomic mass is 79.9. The Kier molecular flexibility index (Phi) is 13.1. The quantitative estimate of drug-likeness (QED) is 0.129. The third kappa shape index (κ3) is 9.35. The van der Waals surface area contributed by atoms with E-state index in [0.717, 1.165) is 98.5 Å². The highest BCUT2D eigenvalue weighted by Gasteiger charge is 2.51. The van der Waals surface area contributed by atoms with E-state index in [4.69, 9.17) is 29.2 Å². The fraction of sp³-hybridized carbons (Fsp3) is 0.0732. The number of benzene rings is 12. The fourth-order valence-corrected chi connectivity index (χ4v) is 13.7. The standard InChI is InChI=1S/C38H23N3.C25H23BN2O2.C19H12BrN/c1-2-8-29-25(7-1)15-18-27-20-22-33(39-37(27)29)26-16-13-24(14-17-26)28-19-21-31-32(23-28)30-9-3-5-11-35(30)41-36-12-6-4-10-34(36)40-38(31)41;1-24(2)25(3,4)30-26(29-24)16-13-14-18-19(15-16)17-9-5-7-11-21(17)28-22-12-8-6-10-20(22)27-23(18)28;20-16-10-7-14(8-11-16)18-12-9-15-6-5-13-3-1-2-4-17(13)19(15)21-18/h1-23H;5-15H,1-4H3;1-12H. The Hall–Kier alpha value is -10.6. The van der Waals surface area contributed by atoms with Gasteiger partial charge in [-0.1, -0.05) is 222 Å². The Balaban J connectivity index is 0.000000112. The van der Waals surface area contributed by atoms with E-state index in [0.29, 0.717) is 0 Å². The molecule has 0 N–H and O–H groups in total. The van der Waals surface area contributed by atoms with Crippen LogP contribution < -0.4 is 5.46 Å². The van der Waals surface area contributed by atoms with Crippen LogP contribution in [0.4, 0.5) is 0 Å². The second-order valence-corrected chi connectivity index (χ2v) is 25.8. The Morgan fingerprint density at radius 1 is 0.315 bits per heavy atom. The van der Waals surface area contributed by atoms with Crippen molar-refractivity contribution < 1.29 is 9.31 Å². The molecule has 0 radical (unpaired) electrons. The monoisotopic (exact) mass is 1250 g/mol. The van der Waals surface area contributed by atoms with Crippen LogP contribution in [0.25, 0.3) is 154 Å². The minimum atomic E-state index is -0.381. The minimum Gasteiger partial charge on any atom is -0.399 e. The fourth-order valence-electron chi connectivity index (χ4n) is 13.4. The van der Waals surface area contributed by atoms with E-state index in [2.05, 4.69) is 313 Å². The van der Waals surface area contributed by atoms with Crippen molar-refractivity contribution in [2.24, 2.45) is 0 Å². The molecular formula is C82H58BBrN6O2. The number of rotatable bonds is 4. The van der Waals surface area contributed by atoms with Crippen LogP contribution in [0.2, 0.25) is 0 Å². The molecule has 0 spiro atoms. The molecule has 12 aromatic carbocycles. The first kappa shape index (κ1) is 55.5. The molecule has 1 aliphatic heterocycles. The molecule has 0 aliphatic carbocycles. The maximum Gasteiger partial charge on any atom is 0.494 e.